The average molecular weight is 377 g/mol. The molecule has 0 amide bonds. The van der Waals surface area contributed by atoms with Crippen molar-refractivity contribution < 1.29 is 19.4 Å². The van der Waals surface area contributed by atoms with Gasteiger partial charge in [0.15, 0.2) is 0 Å². The molecule has 3 aromatic rings. The molecule has 0 unspecified atom stereocenters. The van der Waals surface area contributed by atoms with Crippen molar-refractivity contribution in [2.45, 2.75) is 26.2 Å². The van der Waals surface area contributed by atoms with Gasteiger partial charge in [0.1, 0.15) is 5.75 Å². The summed E-state index contributed by atoms with van der Waals surface area (Å²) >= 11 is 0. The highest BCUT2D eigenvalue weighted by molar-refractivity contribution is 6.04. The van der Waals surface area contributed by atoms with Crippen molar-refractivity contribution in [3.63, 3.8) is 0 Å². The molecule has 0 bridgehead atoms. The van der Waals surface area contributed by atoms with E-state index in [1.165, 1.54) is 0 Å². The smallest absolute Gasteiger partial charge is 0.307 e. The first kappa shape index (κ1) is 19.4. The summed E-state index contributed by atoms with van der Waals surface area (Å²) in [6.45, 7) is 6.14. The number of carboxylic acids is 1. The van der Waals surface area contributed by atoms with Gasteiger partial charge in [0.25, 0.3) is 5.91 Å². The minimum atomic E-state index is -0.895. The summed E-state index contributed by atoms with van der Waals surface area (Å²) in [6.07, 6.45) is 3.58. The molecular weight excluding hydrogens is 354 g/mol. The van der Waals surface area contributed by atoms with Crippen molar-refractivity contribution >= 4 is 22.8 Å². The first-order chi connectivity index (χ1) is 13.5. The number of aromatic nitrogens is 1. The van der Waals surface area contributed by atoms with Crippen molar-refractivity contribution in [3.8, 4) is 5.75 Å². The van der Waals surface area contributed by atoms with Gasteiger partial charge in [0, 0.05) is 16.6 Å². The number of carbonyl (C=O) groups excluding carboxylic acids is 1. The third-order valence-electron chi connectivity index (χ3n) is 4.59. The number of ether oxygens (including phenoxy) is 1. The summed E-state index contributed by atoms with van der Waals surface area (Å²) < 4.78 is 7.28. The summed E-state index contributed by atoms with van der Waals surface area (Å²) in [4.78, 5) is 24.2. The van der Waals surface area contributed by atoms with Crippen LogP contribution >= 0.6 is 0 Å². The quantitative estimate of drug-likeness (QED) is 0.460. The molecule has 0 spiro atoms. The van der Waals surface area contributed by atoms with Crippen LogP contribution in [0.3, 0.4) is 0 Å². The molecule has 0 aliphatic carbocycles. The zero-order valence-corrected chi connectivity index (χ0v) is 15.9. The fourth-order valence-electron chi connectivity index (χ4n) is 3.25. The molecule has 0 fully saturated rings. The molecule has 5 heteroatoms. The molecule has 144 valence electrons. The number of aliphatic carboxylic acids is 1. The predicted molar refractivity (Wildman–Crippen MR) is 109 cm³/mol. The van der Waals surface area contributed by atoms with Gasteiger partial charge in [-0.3, -0.25) is 14.2 Å². The Kier molecular flexibility index (Phi) is 5.94. The zero-order valence-electron chi connectivity index (χ0n) is 15.9. The highest BCUT2D eigenvalue weighted by atomic mass is 16.5. The second kappa shape index (κ2) is 8.57. The van der Waals surface area contributed by atoms with E-state index in [0.29, 0.717) is 23.3 Å². The predicted octanol–water partition coefficient (Wildman–Crippen LogP) is 4.61. The van der Waals surface area contributed by atoms with Crippen LogP contribution < -0.4 is 4.74 Å². The normalized spacial score (nSPS) is 10.8. The summed E-state index contributed by atoms with van der Waals surface area (Å²) in [5.74, 6) is -0.329. The highest BCUT2D eigenvalue weighted by Crippen LogP contribution is 2.25. The van der Waals surface area contributed by atoms with Crippen LogP contribution in [0, 0.1) is 6.92 Å². The monoisotopic (exact) mass is 377 g/mol. The maximum atomic E-state index is 13.1. The van der Waals surface area contributed by atoms with Gasteiger partial charge in [0.05, 0.1) is 18.5 Å². The minimum Gasteiger partial charge on any atom is -0.494 e. The molecule has 0 saturated heterocycles. The fourth-order valence-corrected chi connectivity index (χ4v) is 3.25. The minimum absolute atomic E-state index is 0.0765. The number of nitrogens with zero attached hydrogens (tertiary/aromatic N) is 1. The molecule has 0 aliphatic heterocycles. The SMILES string of the molecule is C=CCCCOc1ccc(C(=O)n2c(C)cc3c(CC(=O)O)cccc32)cc1. The van der Waals surface area contributed by atoms with Crippen molar-refractivity contribution in [1.29, 1.82) is 0 Å². The van der Waals surface area contributed by atoms with Crippen LogP contribution in [0.1, 0.15) is 34.5 Å². The Morgan fingerprint density at radius 1 is 1.18 bits per heavy atom. The van der Waals surface area contributed by atoms with Gasteiger partial charge in [0.2, 0.25) is 0 Å². The molecule has 0 atom stereocenters. The van der Waals surface area contributed by atoms with Crippen molar-refractivity contribution in [3.05, 3.63) is 78.0 Å². The molecule has 0 radical (unpaired) electrons. The van der Waals surface area contributed by atoms with E-state index >= 15 is 0 Å². The van der Waals surface area contributed by atoms with Crippen LogP contribution in [0.15, 0.2) is 61.2 Å². The summed E-state index contributed by atoms with van der Waals surface area (Å²) in [6, 6.07) is 14.3. The Hall–Kier alpha value is -3.34. The first-order valence-electron chi connectivity index (χ1n) is 9.21. The number of rotatable bonds is 8. The molecule has 1 N–H and O–H groups in total. The molecule has 1 aromatic heterocycles. The average Bonchev–Trinajstić information content (AvgIpc) is 3.02. The maximum absolute atomic E-state index is 13.1. The van der Waals surface area contributed by atoms with E-state index in [4.69, 9.17) is 9.84 Å². The third-order valence-corrected chi connectivity index (χ3v) is 4.59. The highest BCUT2D eigenvalue weighted by Gasteiger charge is 2.17. The molecule has 5 nitrogen and oxygen atoms in total. The van der Waals surface area contributed by atoms with Crippen LogP contribution in [0.5, 0.6) is 5.75 Å². The van der Waals surface area contributed by atoms with E-state index in [0.717, 1.165) is 29.7 Å². The maximum Gasteiger partial charge on any atom is 0.307 e. The first-order valence-corrected chi connectivity index (χ1v) is 9.21. The number of aryl methyl sites for hydroxylation is 1. The number of carbonyl (C=O) groups is 2. The van der Waals surface area contributed by atoms with E-state index in [2.05, 4.69) is 6.58 Å². The lowest BCUT2D eigenvalue weighted by molar-refractivity contribution is -0.136. The van der Waals surface area contributed by atoms with Gasteiger partial charge in [-0.2, -0.15) is 0 Å². The third kappa shape index (κ3) is 4.14. The van der Waals surface area contributed by atoms with E-state index < -0.39 is 5.97 Å². The number of benzene rings is 2. The summed E-state index contributed by atoms with van der Waals surface area (Å²) in [7, 11) is 0. The summed E-state index contributed by atoms with van der Waals surface area (Å²) in [5.41, 5.74) is 2.72. The van der Waals surface area contributed by atoms with Crippen LogP contribution in [0.4, 0.5) is 0 Å². The van der Waals surface area contributed by atoms with Crippen LogP contribution in [0.2, 0.25) is 0 Å². The van der Waals surface area contributed by atoms with Gasteiger partial charge in [-0.25, -0.2) is 0 Å². The van der Waals surface area contributed by atoms with E-state index in [1.807, 2.05) is 25.1 Å². The Morgan fingerprint density at radius 3 is 2.61 bits per heavy atom. The van der Waals surface area contributed by atoms with Gasteiger partial charge >= 0.3 is 5.97 Å². The Morgan fingerprint density at radius 2 is 1.93 bits per heavy atom. The lowest BCUT2D eigenvalue weighted by atomic mass is 10.1. The number of carboxylic acid groups (broad SMARTS) is 1. The van der Waals surface area contributed by atoms with Crippen molar-refractivity contribution in [1.82, 2.24) is 4.57 Å². The van der Waals surface area contributed by atoms with Crippen molar-refractivity contribution in [2.75, 3.05) is 6.61 Å². The largest absolute Gasteiger partial charge is 0.494 e. The number of fused-ring (bicyclic) bond motifs is 1. The standard InChI is InChI=1S/C23H23NO4/c1-3-4-5-13-28-19-11-9-17(10-12-19)23(27)24-16(2)14-20-18(15-22(25)26)7-6-8-21(20)24/h3,6-12,14H,1,4-5,13,15H2,2H3,(H,25,26). The van der Waals surface area contributed by atoms with E-state index in [9.17, 15) is 9.59 Å². The fraction of sp³-hybridized carbons (Fsp3) is 0.217. The number of hydrogen-bond acceptors (Lipinski definition) is 3. The molecule has 1 heterocycles. The van der Waals surface area contributed by atoms with Gasteiger partial charge in [-0.1, -0.05) is 18.2 Å². The Labute approximate surface area is 163 Å². The molecule has 0 aliphatic rings. The molecule has 28 heavy (non-hydrogen) atoms. The van der Waals surface area contributed by atoms with Gasteiger partial charge in [-0.15, -0.1) is 6.58 Å². The van der Waals surface area contributed by atoms with Crippen LogP contribution in [0.25, 0.3) is 10.9 Å². The number of unbranched alkanes of at least 4 members (excludes halogenated alkanes) is 1. The lowest BCUT2D eigenvalue weighted by Crippen LogP contribution is -2.13. The van der Waals surface area contributed by atoms with Crippen LogP contribution in [-0.2, 0) is 11.2 Å². The van der Waals surface area contributed by atoms with Crippen LogP contribution in [-0.4, -0.2) is 28.2 Å². The molecule has 2 aromatic carbocycles. The Bertz CT molecular complexity index is 1020. The zero-order chi connectivity index (χ0) is 20.1. The molecule has 3 rings (SSSR count). The van der Waals surface area contributed by atoms with Crippen molar-refractivity contribution in [2.24, 2.45) is 0 Å². The number of allylic oxidation sites excluding steroid dienone is 1. The van der Waals surface area contributed by atoms with E-state index in [-0.39, 0.29) is 12.3 Å². The van der Waals surface area contributed by atoms with E-state index in [1.54, 1.807) is 41.0 Å². The Balaban J connectivity index is 1.86. The van der Waals surface area contributed by atoms with Gasteiger partial charge in [-0.05, 0) is 61.7 Å². The summed E-state index contributed by atoms with van der Waals surface area (Å²) in [5, 5.41) is 9.91. The second-order valence-corrected chi connectivity index (χ2v) is 6.65. The topological polar surface area (TPSA) is 68.5 Å². The second-order valence-electron chi connectivity index (χ2n) is 6.65. The van der Waals surface area contributed by atoms with Gasteiger partial charge < -0.3 is 9.84 Å². The number of hydrogen-bond donors (Lipinski definition) is 1. The molecule has 0 saturated carbocycles. The molecular formula is C23H23NO4. The lowest BCUT2D eigenvalue weighted by Gasteiger charge is -2.09.